The number of benzene rings is 1. The fraction of sp³-hybridized carbons (Fsp3) is 0.684. The van der Waals surface area contributed by atoms with Crippen LogP contribution in [0.3, 0.4) is 0 Å². The molecule has 0 unspecified atom stereocenters. The van der Waals surface area contributed by atoms with Gasteiger partial charge in [0.25, 0.3) is 0 Å². The topological polar surface area (TPSA) is 62.2 Å². The van der Waals surface area contributed by atoms with Crippen LogP contribution in [0.5, 0.6) is 0 Å². The third-order valence-electron chi connectivity index (χ3n) is 4.61. The molecule has 0 bridgehead atoms. The number of nitrogens with zero attached hydrogens (tertiary/aromatic N) is 1. The maximum atomic E-state index is 9.63. The molecule has 0 saturated carbocycles. The predicted octanol–water partition coefficient (Wildman–Crippen LogP) is 3.76. The SMILES string of the molecule is CC(C)[C@@H](COCc1ccccc1)[C@@H](OB(O)O)N([Si](C)(C)C)[Si](C)(C)C. The molecule has 0 aliphatic heterocycles. The largest absolute Gasteiger partial charge is 0.635 e. The predicted molar refractivity (Wildman–Crippen MR) is 118 cm³/mol. The molecule has 2 N–H and O–H groups in total. The van der Waals surface area contributed by atoms with Gasteiger partial charge >= 0.3 is 7.32 Å². The van der Waals surface area contributed by atoms with Crippen LogP contribution in [0.4, 0.5) is 0 Å². The highest BCUT2D eigenvalue weighted by Gasteiger charge is 2.45. The maximum Gasteiger partial charge on any atom is 0.635 e. The summed E-state index contributed by atoms with van der Waals surface area (Å²) in [6.45, 7) is 19.0. The van der Waals surface area contributed by atoms with Crippen LogP contribution in [0.15, 0.2) is 30.3 Å². The van der Waals surface area contributed by atoms with Crippen LogP contribution in [0.1, 0.15) is 19.4 Å². The standard InChI is InChI=1S/C19H38BNO4Si2/c1-16(2)18(15-24-14-17-12-10-9-11-13-17)19(25-20(22)23)21(26(3,4)5)27(6,7)8/h9-13,16,18-19,22-23H,14-15H2,1-8H3/t18-,19-/m1/s1. The molecule has 2 atom stereocenters. The normalized spacial score (nSPS) is 15.3. The molecule has 0 aliphatic rings. The van der Waals surface area contributed by atoms with Gasteiger partial charge in [-0.25, -0.2) is 0 Å². The second-order valence-electron chi connectivity index (χ2n) is 9.47. The van der Waals surface area contributed by atoms with Gasteiger partial charge in [-0.15, -0.1) is 0 Å². The molecule has 0 heterocycles. The highest BCUT2D eigenvalue weighted by Crippen LogP contribution is 2.31. The summed E-state index contributed by atoms with van der Waals surface area (Å²) in [6, 6.07) is 10.1. The Labute approximate surface area is 168 Å². The molecule has 0 fully saturated rings. The molecule has 0 spiro atoms. The summed E-state index contributed by atoms with van der Waals surface area (Å²) in [5.74, 6) is 0.314. The smallest absolute Gasteiger partial charge is 0.402 e. The second-order valence-corrected chi connectivity index (χ2v) is 19.6. The van der Waals surface area contributed by atoms with Crippen molar-refractivity contribution in [2.75, 3.05) is 6.61 Å². The van der Waals surface area contributed by atoms with Gasteiger partial charge in [-0.1, -0.05) is 83.5 Å². The van der Waals surface area contributed by atoms with Crippen LogP contribution in [-0.4, -0.2) is 50.9 Å². The zero-order valence-corrected chi connectivity index (χ0v) is 20.3. The van der Waals surface area contributed by atoms with Gasteiger partial charge in [-0.2, -0.15) is 0 Å². The lowest BCUT2D eigenvalue weighted by Gasteiger charge is -2.51. The first-order valence-electron chi connectivity index (χ1n) is 9.76. The molecule has 5 nitrogen and oxygen atoms in total. The minimum atomic E-state index is -1.79. The summed E-state index contributed by atoms with van der Waals surface area (Å²) in [7, 11) is -5.33. The Bertz CT molecular complexity index is 533. The van der Waals surface area contributed by atoms with Gasteiger partial charge in [-0.05, 0) is 11.5 Å². The van der Waals surface area contributed by atoms with E-state index in [0.29, 0.717) is 13.2 Å². The van der Waals surface area contributed by atoms with Crippen LogP contribution in [0, 0.1) is 11.8 Å². The molecule has 154 valence electrons. The molecule has 0 saturated heterocycles. The van der Waals surface area contributed by atoms with Gasteiger partial charge in [0.2, 0.25) is 0 Å². The summed E-state index contributed by atoms with van der Waals surface area (Å²) in [5.41, 5.74) is 1.13. The van der Waals surface area contributed by atoms with E-state index >= 15 is 0 Å². The van der Waals surface area contributed by atoms with E-state index in [0.717, 1.165) is 5.56 Å². The number of rotatable bonds is 11. The third kappa shape index (κ3) is 8.19. The molecule has 0 amide bonds. The quantitative estimate of drug-likeness (QED) is 0.429. The van der Waals surface area contributed by atoms with E-state index in [9.17, 15) is 10.0 Å². The minimum absolute atomic E-state index is 0.0361. The first-order chi connectivity index (χ1) is 12.3. The fourth-order valence-corrected chi connectivity index (χ4v) is 13.8. The van der Waals surface area contributed by atoms with Crippen molar-refractivity contribution in [2.24, 2.45) is 11.8 Å². The molecule has 8 heteroatoms. The van der Waals surface area contributed by atoms with E-state index in [4.69, 9.17) is 9.39 Å². The van der Waals surface area contributed by atoms with E-state index in [2.05, 4.69) is 57.4 Å². The van der Waals surface area contributed by atoms with Crippen molar-refractivity contribution >= 4 is 23.8 Å². The van der Waals surface area contributed by atoms with E-state index < -0.39 is 23.8 Å². The Morgan fingerprint density at radius 1 is 0.963 bits per heavy atom. The summed E-state index contributed by atoms with van der Waals surface area (Å²) in [4.78, 5) is 0. The van der Waals surface area contributed by atoms with E-state index in [1.165, 1.54) is 0 Å². The molecule has 1 aromatic carbocycles. The van der Waals surface area contributed by atoms with Crippen LogP contribution in [0.2, 0.25) is 39.3 Å². The minimum Gasteiger partial charge on any atom is -0.402 e. The Balaban J connectivity index is 3.06. The van der Waals surface area contributed by atoms with Crippen LogP contribution < -0.4 is 0 Å². The Hall–Kier alpha value is -0.481. The highest BCUT2D eigenvalue weighted by molar-refractivity contribution is 6.89. The van der Waals surface area contributed by atoms with E-state index in [1.54, 1.807) is 0 Å². The van der Waals surface area contributed by atoms with Gasteiger partial charge in [0.15, 0.2) is 0 Å². The van der Waals surface area contributed by atoms with Crippen molar-refractivity contribution in [1.82, 2.24) is 4.23 Å². The maximum absolute atomic E-state index is 9.63. The molecular formula is C19H38BNO4Si2. The second kappa shape index (κ2) is 10.3. The molecule has 0 radical (unpaired) electrons. The van der Waals surface area contributed by atoms with Crippen molar-refractivity contribution in [3.05, 3.63) is 35.9 Å². The lowest BCUT2D eigenvalue weighted by atomic mass is 9.94. The molecule has 0 aromatic heterocycles. The number of hydrogen-bond donors (Lipinski definition) is 2. The Morgan fingerprint density at radius 2 is 1.48 bits per heavy atom. The highest BCUT2D eigenvalue weighted by atomic mass is 28.4. The van der Waals surface area contributed by atoms with Crippen LogP contribution >= 0.6 is 0 Å². The lowest BCUT2D eigenvalue weighted by Crippen LogP contribution is -2.67. The van der Waals surface area contributed by atoms with Crippen LogP contribution in [-0.2, 0) is 16.0 Å². The zero-order valence-electron chi connectivity index (χ0n) is 18.3. The van der Waals surface area contributed by atoms with Gasteiger partial charge in [0.05, 0.1) is 19.4 Å². The summed E-state index contributed by atoms with van der Waals surface area (Å²) >= 11 is 0. The summed E-state index contributed by atoms with van der Waals surface area (Å²) in [6.07, 6.45) is -0.376. The van der Waals surface area contributed by atoms with Crippen molar-refractivity contribution in [3.8, 4) is 0 Å². The van der Waals surface area contributed by atoms with Crippen molar-refractivity contribution in [2.45, 2.75) is 66.0 Å². The average Bonchev–Trinajstić information content (AvgIpc) is 2.48. The summed E-state index contributed by atoms with van der Waals surface area (Å²) in [5, 5.41) is 19.3. The van der Waals surface area contributed by atoms with Gasteiger partial charge in [0.1, 0.15) is 16.5 Å². The Kier molecular flexibility index (Phi) is 9.40. The molecule has 27 heavy (non-hydrogen) atoms. The molecule has 0 aliphatic carbocycles. The van der Waals surface area contributed by atoms with Crippen molar-refractivity contribution in [3.63, 3.8) is 0 Å². The zero-order chi connectivity index (χ0) is 20.8. The summed E-state index contributed by atoms with van der Waals surface area (Å²) < 4.78 is 14.2. The molecular weight excluding hydrogens is 373 g/mol. The molecule has 1 rings (SSSR count). The van der Waals surface area contributed by atoms with Crippen LogP contribution in [0.25, 0.3) is 0 Å². The first-order valence-corrected chi connectivity index (χ1v) is 16.7. The average molecular weight is 412 g/mol. The number of hydrogen-bond acceptors (Lipinski definition) is 5. The lowest BCUT2D eigenvalue weighted by molar-refractivity contribution is -0.0397. The van der Waals surface area contributed by atoms with Gasteiger partial charge in [-0.3, -0.25) is 0 Å². The number of ether oxygens (including phenoxy) is 1. The first kappa shape index (κ1) is 24.6. The fourth-order valence-electron chi connectivity index (χ4n) is 3.74. The van der Waals surface area contributed by atoms with Gasteiger partial charge in [0, 0.05) is 5.92 Å². The third-order valence-corrected chi connectivity index (χ3v) is 12.0. The van der Waals surface area contributed by atoms with Crippen molar-refractivity contribution < 1.29 is 19.4 Å². The monoisotopic (exact) mass is 411 g/mol. The van der Waals surface area contributed by atoms with Crippen molar-refractivity contribution in [1.29, 1.82) is 0 Å². The van der Waals surface area contributed by atoms with E-state index in [1.807, 2.05) is 30.3 Å². The molecule has 1 aromatic rings. The van der Waals surface area contributed by atoms with E-state index in [-0.39, 0.29) is 18.1 Å². The van der Waals surface area contributed by atoms with Gasteiger partial charge < -0.3 is 23.7 Å². The Morgan fingerprint density at radius 3 is 1.89 bits per heavy atom.